The van der Waals surface area contributed by atoms with Crippen LogP contribution in [0.3, 0.4) is 0 Å². The van der Waals surface area contributed by atoms with Gasteiger partial charge >= 0.3 is 6.03 Å². The third-order valence-electron chi connectivity index (χ3n) is 3.26. The van der Waals surface area contributed by atoms with Crippen LogP contribution in [0.1, 0.15) is 44.9 Å². The monoisotopic (exact) mass is 260 g/mol. The van der Waals surface area contributed by atoms with Gasteiger partial charge in [0.15, 0.2) is 0 Å². The van der Waals surface area contributed by atoms with Crippen molar-refractivity contribution < 1.29 is 9.59 Å². The van der Waals surface area contributed by atoms with Gasteiger partial charge in [0.05, 0.1) is 0 Å². The molecule has 5 heteroatoms. The molecule has 0 bridgehead atoms. The van der Waals surface area contributed by atoms with E-state index in [-0.39, 0.29) is 30.3 Å². The van der Waals surface area contributed by atoms with E-state index in [1.54, 1.807) is 11.9 Å². The van der Waals surface area contributed by atoms with Crippen molar-refractivity contribution in [3.63, 3.8) is 0 Å². The fourth-order valence-corrected chi connectivity index (χ4v) is 2.34. The molecule has 4 nitrogen and oxygen atoms in total. The van der Waals surface area contributed by atoms with Gasteiger partial charge in [-0.2, -0.15) is 0 Å². The Bertz CT molecular complexity index is 263. The van der Waals surface area contributed by atoms with E-state index in [2.05, 4.69) is 5.32 Å². The number of hydrogen-bond donors (Lipinski definition) is 1. The summed E-state index contributed by atoms with van der Waals surface area (Å²) in [6.45, 7) is 0. The van der Waals surface area contributed by atoms with E-state index < -0.39 is 0 Å². The molecule has 98 valence electrons. The fourth-order valence-electron chi connectivity index (χ4n) is 2.17. The van der Waals surface area contributed by atoms with Crippen LogP contribution in [0, 0.1) is 0 Å². The molecule has 0 spiro atoms. The third kappa shape index (κ3) is 4.94. The van der Waals surface area contributed by atoms with Crippen molar-refractivity contribution in [2.45, 2.75) is 51.0 Å². The van der Waals surface area contributed by atoms with Crippen molar-refractivity contribution in [1.29, 1.82) is 0 Å². The number of halogens is 1. The van der Waals surface area contributed by atoms with Gasteiger partial charge in [-0.25, -0.2) is 4.79 Å². The van der Waals surface area contributed by atoms with Crippen LogP contribution in [-0.4, -0.2) is 35.8 Å². The third-order valence-corrected chi connectivity index (χ3v) is 3.45. The Morgan fingerprint density at radius 1 is 1.24 bits per heavy atom. The van der Waals surface area contributed by atoms with Crippen molar-refractivity contribution in [3.05, 3.63) is 0 Å². The highest BCUT2D eigenvalue weighted by molar-refractivity contribution is 6.19. The van der Waals surface area contributed by atoms with Gasteiger partial charge in [-0.15, -0.1) is 11.6 Å². The Morgan fingerprint density at radius 2 is 1.82 bits per heavy atom. The molecule has 0 atom stereocenters. The molecule has 0 aromatic carbocycles. The van der Waals surface area contributed by atoms with Crippen LogP contribution < -0.4 is 5.32 Å². The first kappa shape index (κ1) is 14.3. The molecule has 17 heavy (non-hydrogen) atoms. The van der Waals surface area contributed by atoms with Crippen LogP contribution in [0.5, 0.6) is 0 Å². The molecule has 0 aliphatic heterocycles. The first-order valence-electron chi connectivity index (χ1n) is 6.27. The molecule has 1 aliphatic rings. The zero-order valence-electron chi connectivity index (χ0n) is 10.4. The number of amides is 3. The van der Waals surface area contributed by atoms with Gasteiger partial charge in [0, 0.05) is 25.4 Å². The number of urea groups is 1. The average Bonchev–Trinajstić information content (AvgIpc) is 2.56. The molecule has 0 aromatic heterocycles. The van der Waals surface area contributed by atoms with Crippen LogP contribution in [0.15, 0.2) is 0 Å². The van der Waals surface area contributed by atoms with Gasteiger partial charge in [-0.05, 0) is 12.8 Å². The number of imide groups is 1. The first-order chi connectivity index (χ1) is 8.15. The van der Waals surface area contributed by atoms with Gasteiger partial charge in [-0.1, -0.05) is 25.7 Å². The van der Waals surface area contributed by atoms with Crippen LogP contribution in [0.25, 0.3) is 0 Å². The predicted octanol–water partition coefficient (Wildman–Crippen LogP) is 2.51. The lowest BCUT2D eigenvalue weighted by Gasteiger charge is -2.26. The minimum Gasteiger partial charge on any atom is -0.325 e. The smallest absolute Gasteiger partial charge is 0.324 e. The second kappa shape index (κ2) is 7.54. The van der Waals surface area contributed by atoms with Crippen molar-refractivity contribution >= 4 is 23.5 Å². The van der Waals surface area contributed by atoms with Gasteiger partial charge in [-0.3, -0.25) is 10.1 Å². The quantitative estimate of drug-likeness (QED) is 0.626. The standard InChI is InChI=1S/C12H21ClN2O2/c1-15(10-6-4-2-3-5-7-10)12(17)14-11(16)8-9-13/h10H,2-9H2,1H3,(H,14,16,17). The molecule has 0 heterocycles. The highest BCUT2D eigenvalue weighted by Crippen LogP contribution is 2.20. The average molecular weight is 261 g/mol. The van der Waals surface area contributed by atoms with Gasteiger partial charge in [0.25, 0.3) is 0 Å². The van der Waals surface area contributed by atoms with Crippen molar-refractivity contribution in [1.82, 2.24) is 10.2 Å². The summed E-state index contributed by atoms with van der Waals surface area (Å²) in [5.74, 6) is -0.0582. The Balaban J connectivity index is 2.41. The van der Waals surface area contributed by atoms with E-state index in [9.17, 15) is 9.59 Å². The second-order valence-corrected chi connectivity index (χ2v) is 4.93. The highest BCUT2D eigenvalue weighted by atomic mass is 35.5. The lowest BCUT2D eigenvalue weighted by molar-refractivity contribution is -0.119. The molecule has 1 rings (SSSR count). The first-order valence-corrected chi connectivity index (χ1v) is 6.81. The summed E-state index contributed by atoms with van der Waals surface area (Å²) in [5.41, 5.74) is 0. The lowest BCUT2D eigenvalue weighted by atomic mass is 10.1. The maximum Gasteiger partial charge on any atom is 0.324 e. The Hall–Kier alpha value is -0.770. The molecule has 0 aromatic rings. The Kier molecular flexibility index (Phi) is 6.34. The van der Waals surface area contributed by atoms with Crippen molar-refractivity contribution in [2.24, 2.45) is 0 Å². The van der Waals surface area contributed by atoms with Gasteiger partial charge < -0.3 is 4.90 Å². The number of hydrogen-bond acceptors (Lipinski definition) is 2. The molecular weight excluding hydrogens is 240 g/mol. The molecule has 1 fully saturated rings. The SMILES string of the molecule is CN(C(=O)NC(=O)CCCl)C1CCCCCC1. The van der Waals surface area contributed by atoms with E-state index in [0.717, 1.165) is 25.7 Å². The highest BCUT2D eigenvalue weighted by Gasteiger charge is 2.22. The summed E-state index contributed by atoms with van der Waals surface area (Å²) < 4.78 is 0. The minimum absolute atomic E-state index is 0.186. The topological polar surface area (TPSA) is 49.4 Å². The van der Waals surface area contributed by atoms with Crippen molar-refractivity contribution in [2.75, 3.05) is 12.9 Å². The zero-order chi connectivity index (χ0) is 12.7. The maximum atomic E-state index is 11.8. The van der Waals surface area contributed by atoms with E-state index in [1.807, 2.05) is 0 Å². The number of nitrogens with zero attached hydrogens (tertiary/aromatic N) is 1. The number of alkyl halides is 1. The Morgan fingerprint density at radius 3 is 2.35 bits per heavy atom. The van der Waals surface area contributed by atoms with E-state index in [4.69, 9.17) is 11.6 Å². The molecule has 0 radical (unpaired) electrons. The van der Waals surface area contributed by atoms with E-state index in [0.29, 0.717) is 0 Å². The zero-order valence-corrected chi connectivity index (χ0v) is 11.1. The van der Waals surface area contributed by atoms with E-state index in [1.165, 1.54) is 12.8 Å². The Labute approximate surface area is 108 Å². The van der Waals surface area contributed by atoms with Crippen LogP contribution >= 0.6 is 11.6 Å². The summed E-state index contributed by atoms with van der Waals surface area (Å²) in [6.07, 6.45) is 7.08. The summed E-state index contributed by atoms with van der Waals surface area (Å²) >= 11 is 5.44. The lowest BCUT2D eigenvalue weighted by Crippen LogP contribution is -2.45. The van der Waals surface area contributed by atoms with E-state index >= 15 is 0 Å². The summed E-state index contributed by atoms with van der Waals surface area (Å²) in [7, 11) is 1.76. The predicted molar refractivity (Wildman–Crippen MR) is 68.1 cm³/mol. The summed E-state index contributed by atoms with van der Waals surface area (Å²) in [6, 6.07) is -0.0340. The normalized spacial score (nSPS) is 17.3. The maximum absolute atomic E-state index is 11.8. The van der Waals surface area contributed by atoms with Gasteiger partial charge in [0.2, 0.25) is 5.91 Å². The van der Waals surface area contributed by atoms with Gasteiger partial charge in [0.1, 0.15) is 0 Å². The molecular formula is C12H21ClN2O2. The molecule has 1 aliphatic carbocycles. The molecule has 1 N–H and O–H groups in total. The largest absolute Gasteiger partial charge is 0.325 e. The molecule has 3 amide bonds. The molecule has 0 unspecified atom stereocenters. The van der Waals surface area contributed by atoms with Crippen LogP contribution in [0.2, 0.25) is 0 Å². The summed E-state index contributed by atoms with van der Waals surface area (Å²) in [5, 5.41) is 2.36. The minimum atomic E-state index is -0.300. The number of carbonyl (C=O) groups excluding carboxylic acids is 2. The number of nitrogens with one attached hydrogen (secondary N) is 1. The summed E-state index contributed by atoms with van der Waals surface area (Å²) in [4.78, 5) is 24.7. The molecule has 0 saturated heterocycles. The number of rotatable bonds is 3. The second-order valence-electron chi connectivity index (χ2n) is 4.55. The van der Waals surface area contributed by atoms with Crippen molar-refractivity contribution in [3.8, 4) is 0 Å². The van der Waals surface area contributed by atoms with Crippen LogP contribution in [-0.2, 0) is 4.79 Å². The van der Waals surface area contributed by atoms with Crippen LogP contribution in [0.4, 0.5) is 4.79 Å². The fraction of sp³-hybridized carbons (Fsp3) is 0.833. The number of carbonyl (C=O) groups is 2. The molecule has 1 saturated carbocycles.